The summed E-state index contributed by atoms with van der Waals surface area (Å²) in [7, 11) is -3.69. The van der Waals surface area contributed by atoms with Crippen molar-refractivity contribution in [1.29, 1.82) is 0 Å². The number of fused-ring (bicyclic) bond motifs is 1. The molecule has 3 aliphatic rings. The summed E-state index contributed by atoms with van der Waals surface area (Å²) in [6.45, 7) is 4.50. The molecule has 0 aromatic heterocycles. The third-order valence-electron chi connectivity index (χ3n) is 4.11. The zero-order chi connectivity index (χ0) is 15.4. The SMILES string of the molecule is C=CC(=O)NCC(=O)OC1C2CC3C(O2)C1(C)OS3(=O)=O. The Morgan fingerprint density at radius 3 is 2.90 bits per heavy atom. The number of esters is 1. The van der Waals surface area contributed by atoms with E-state index in [9.17, 15) is 18.0 Å². The fourth-order valence-electron chi connectivity index (χ4n) is 3.20. The van der Waals surface area contributed by atoms with Crippen molar-refractivity contribution in [3.8, 4) is 0 Å². The molecule has 0 aliphatic carbocycles. The zero-order valence-corrected chi connectivity index (χ0v) is 12.1. The van der Waals surface area contributed by atoms with E-state index >= 15 is 0 Å². The van der Waals surface area contributed by atoms with Crippen LogP contribution in [0.4, 0.5) is 0 Å². The van der Waals surface area contributed by atoms with E-state index in [2.05, 4.69) is 11.9 Å². The Morgan fingerprint density at radius 2 is 2.24 bits per heavy atom. The van der Waals surface area contributed by atoms with Gasteiger partial charge in [0.05, 0.1) is 6.10 Å². The van der Waals surface area contributed by atoms with Gasteiger partial charge in [-0.1, -0.05) is 6.58 Å². The maximum absolute atomic E-state index is 11.9. The highest BCUT2D eigenvalue weighted by atomic mass is 32.2. The fourth-order valence-corrected chi connectivity index (χ4v) is 5.07. The van der Waals surface area contributed by atoms with E-state index < -0.39 is 51.2 Å². The normalized spacial score (nSPS) is 41.8. The van der Waals surface area contributed by atoms with Crippen molar-refractivity contribution in [2.75, 3.05) is 6.54 Å². The number of carbonyl (C=O) groups excluding carboxylic acids is 2. The first-order chi connectivity index (χ1) is 9.78. The molecule has 3 saturated heterocycles. The van der Waals surface area contributed by atoms with Crippen molar-refractivity contribution in [2.24, 2.45) is 0 Å². The highest BCUT2D eigenvalue weighted by molar-refractivity contribution is 7.87. The quantitative estimate of drug-likeness (QED) is 0.396. The van der Waals surface area contributed by atoms with E-state index in [1.54, 1.807) is 6.92 Å². The Kier molecular flexibility index (Phi) is 3.12. The molecule has 0 aromatic rings. The smallest absolute Gasteiger partial charge is 0.325 e. The van der Waals surface area contributed by atoms with Crippen LogP contribution >= 0.6 is 0 Å². The number of rotatable bonds is 4. The van der Waals surface area contributed by atoms with E-state index in [1.165, 1.54) is 0 Å². The Morgan fingerprint density at radius 1 is 1.52 bits per heavy atom. The molecule has 5 unspecified atom stereocenters. The summed E-state index contributed by atoms with van der Waals surface area (Å²) in [4.78, 5) is 22.7. The number of hydrogen-bond donors (Lipinski definition) is 1. The zero-order valence-electron chi connectivity index (χ0n) is 11.3. The molecule has 1 N–H and O–H groups in total. The average Bonchev–Trinajstić information content (AvgIpc) is 2.98. The molecule has 9 heteroatoms. The van der Waals surface area contributed by atoms with Crippen LogP contribution in [0.15, 0.2) is 12.7 Å². The van der Waals surface area contributed by atoms with Gasteiger partial charge in [0.2, 0.25) is 5.91 Å². The lowest BCUT2D eigenvalue weighted by molar-refractivity contribution is -0.159. The molecular weight excluding hydrogens is 302 g/mol. The minimum atomic E-state index is -3.69. The van der Waals surface area contributed by atoms with E-state index in [4.69, 9.17) is 13.7 Å². The maximum atomic E-state index is 11.9. The van der Waals surface area contributed by atoms with Crippen LogP contribution in [0.25, 0.3) is 0 Å². The molecule has 3 fully saturated rings. The summed E-state index contributed by atoms with van der Waals surface area (Å²) in [6, 6.07) is 0. The number of hydrogen-bond acceptors (Lipinski definition) is 7. The maximum Gasteiger partial charge on any atom is 0.325 e. The second-order valence-corrected chi connectivity index (χ2v) is 7.22. The van der Waals surface area contributed by atoms with Gasteiger partial charge in [0.1, 0.15) is 17.9 Å². The summed E-state index contributed by atoms with van der Waals surface area (Å²) in [5.41, 5.74) is -1.19. The summed E-state index contributed by atoms with van der Waals surface area (Å²) in [5.74, 6) is -1.18. The van der Waals surface area contributed by atoms with Gasteiger partial charge in [0.25, 0.3) is 10.1 Å². The van der Waals surface area contributed by atoms with Crippen LogP contribution < -0.4 is 5.32 Å². The standard InChI is InChI=1S/C12H15NO7S/c1-3-8(14)13-5-9(15)19-10-6-4-7-11(18-6)12(10,2)20-21(7,16)17/h3,6-7,10-11H,1,4-5H2,2H3,(H,13,14). The number of nitrogens with one attached hydrogen (secondary N) is 1. The fraction of sp³-hybridized carbons (Fsp3) is 0.667. The molecule has 0 aromatic carbocycles. The molecule has 5 atom stereocenters. The average molecular weight is 317 g/mol. The molecule has 2 bridgehead atoms. The summed E-state index contributed by atoms with van der Waals surface area (Å²) in [6.07, 6.45) is -0.634. The van der Waals surface area contributed by atoms with Gasteiger partial charge >= 0.3 is 5.97 Å². The van der Waals surface area contributed by atoms with Crippen LogP contribution in [0.1, 0.15) is 13.3 Å². The monoisotopic (exact) mass is 317 g/mol. The molecule has 0 saturated carbocycles. The van der Waals surface area contributed by atoms with Gasteiger partial charge in [0.15, 0.2) is 11.7 Å². The molecule has 116 valence electrons. The number of carbonyl (C=O) groups is 2. The first kappa shape index (κ1) is 14.5. The van der Waals surface area contributed by atoms with Gasteiger partial charge in [-0.05, 0) is 19.4 Å². The number of ether oxygens (including phenoxy) is 2. The Hall–Kier alpha value is -1.45. The van der Waals surface area contributed by atoms with Crippen molar-refractivity contribution in [1.82, 2.24) is 5.32 Å². The minimum absolute atomic E-state index is 0.250. The molecular formula is C12H15NO7S. The molecule has 1 amide bonds. The third-order valence-corrected chi connectivity index (χ3v) is 5.88. The Labute approximate surface area is 121 Å². The van der Waals surface area contributed by atoms with E-state index in [0.29, 0.717) is 0 Å². The molecule has 0 radical (unpaired) electrons. The third kappa shape index (κ3) is 2.07. The van der Waals surface area contributed by atoms with Crippen LogP contribution in [0.2, 0.25) is 0 Å². The van der Waals surface area contributed by atoms with Crippen LogP contribution in [0.3, 0.4) is 0 Å². The van der Waals surface area contributed by atoms with E-state index in [1.807, 2.05) is 0 Å². The topological polar surface area (TPSA) is 108 Å². The summed E-state index contributed by atoms with van der Waals surface area (Å²) < 4.78 is 39.7. The van der Waals surface area contributed by atoms with E-state index in [-0.39, 0.29) is 13.0 Å². The highest BCUT2D eigenvalue weighted by Crippen LogP contribution is 2.54. The van der Waals surface area contributed by atoms with Gasteiger partial charge in [-0.2, -0.15) is 8.42 Å². The van der Waals surface area contributed by atoms with Gasteiger partial charge in [-0.3, -0.25) is 13.8 Å². The minimum Gasteiger partial charge on any atom is -0.455 e. The summed E-state index contributed by atoms with van der Waals surface area (Å²) >= 11 is 0. The Bertz CT molecular complexity index is 615. The highest BCUT2D eigenvalue weighted by Gasteiger charge is 2.73. The second kappa shape index (κ2) is 4.52. The number of amides is 1. The van der Waals surface area contributed by atoms with Crippen molar-refractivity contribution >= 4 is 22.0 Å². The molecule has 3 heterocycles. The van der Waals surface area contributed by atoms with Gasteiger partial charge in [0, 0.05) is 0 Å². The van der Waals surface area contributed by atoms with E-state index in [0.717, 1.165) is 6.08 Å². The molecule has 0 spiro atoms. The van der Waals surface area contributed by atoms with Crippen molar-refractivity contribution in [3.63, 3.8) is 0 Å². The van der Waals surface area contributed by atoms with Crippen molar-refractivity contribution < 1.29 is 31.7 Å². The molecule has 3 rings (SSSR count). The van der Waals surface area contributed by atoms with Crippen LogP contribution in [-0.4, -0.2) is 56.0 Å². The lowest BCUT2D eigenvalue weighted by Gasteiger charge is -2.30. The van der Waals surface area contributed by atoms with Gasteiger partial charge in [-0.15, -0.1) is 0 Å². The van der Waals surface area contributed by atoms with Crippen molar-refractivity contribution in [2.45, 2.75) is 42.5 Å². The first-order valence-electron chi connectivity index (χ1n) is 6.47. The largest absolute Gasteiger partial charge is 0.455 e. The predicted octanol–water partition coefficient (Wildman–Crippen LogP) is -1.14. The van der Waals surface area contributed by atoms with Crippen molar-refractivity contribution in [3.05, 3.63) is 12.7 Å². The second-order valence-electron chi connectivity index (χ2n) is 5.46. The van der Waals surface area contributed by atoms with Gasteiger partial charge < -0.3 is 14.8 Å². The molecule has 3 aliphatic heterocycles. The van der Waals surface area contributed by atoms with Crippen LogP contribution in [-0.2, 0) is 33.4 Å². The van der Waals surface area contributed by atoms with Crippen LogP contribution in [0, 0.1) is 0 Å². The molecule has 21 heavy (non-hydrogen) atoms. The van der Waals surface area contributed by atoms with Crippen LogP contribution in [0.5, 0.6) is 0 Å². The summed E-state index contributed by atoms with van der Waals surface area (Å²) in [5, 5.41) is 1.60. The molecule has 8 nitrogen and oxygen atoms in total. The lowest BCUT2D eigenvalue weighted by atomic mass is 9.83. The first-order valence-corrected chi connectivity index (χ1v) is 7.95. The Balaban J connectivity index is 1.69. The van der Waals surface area contributed by atoms with Gasteiger partial charge in [-0.25, -0.2) is 0 Å². The predicted molar refractivity (Wildman–Crippen MR) is 68.6 cm³/mol. The lowest BCUT2D eigenvalue weighted by Crippen LogP contribution is -2.51.